The molecule has 1 N–H and O–H groups in total. The van der Waals surface area contributed by atoms with E-state index in [1.807, 2.05) is 6.20 Å². The fraction of sp³-hybridized carbons (Fsp3) is 0.391. The highest BCUT2D eigenvalue weighted by Gasteiger charge is 2.17. The van der Waals surface area contributed by atoms with E-state index in [-0.39, 0.29) is 0 Å². The lowest BCUT2D eigenvalue weighted by molar-refractivity contribution is 0.579. The molecule has 3 aromatic rings. The monoisotopic (exact) mass is 377 g/mol. The maximum atomic E-state index is 4.93. The first-order chi connectivity index (χ1) is 13.2. The van der Waals surface area contributed by atoms with Gasteiger partial charge in [0.15, 0.2) is 0 Å². The van der Waals surface area contributed by atoms with Gasteiger partial charge < -0.3 is 5.32 Å². The van der Waals surface area contributed by atoms with Crippen LogP contribution in [0.3, 0.4) is 0 Å². The first-order valence-electron chi connectivity index (χ1n) is 10.00. The predicted octanol–water partition coefficient (Wildman–Crippen LogP) is 6.35. The zero-order valence-corrected chi connectivity index (χ0v) is 17.0. The SMILES string of the molecule is CCc1nc(-c2cccc(C)c2)c(-c2ccnc(NCC3CCCC3)c2)s1. The molecule has 0 unspecified atom stereocenters. The second kappa shape index (κ2) is 8.22. The Hall–Kier alpha value is -2.20. The number of aromatic nitrogens is 2. The Morgan fingerprint density at radius 1 is 1.11 bits per heavy atom. The lowest BCUT2D eigenvalue weighted by Crippen LogP contribution is -2.11. The molecule has 27 heavy (non-hydrogen) atoms. The average Bonchev–Trinajstić information content (AvgIpc) is 3.36. The van der Waals surface area contributed by atoms with Crippen LogP contribution in [0, 0.1) is 12.8 Å². The predicted molar refractivity (Wildman–Crippen MR) is 115 cm³/mol. The highest BCUT2D eigenvalue weighted by Crippen LogP contribution is 2.38. The molecule has 2 heterocycles. The molecule has 1 aromatic carbocycles. The molecule has 0 bridgehead atoms. The van der Waals surface area contributed by atoms with E-state index in [4.69, 9.17) is 4.98 Å². The third kappa shape index (κ3) is 4.22. The molecular formula is C23H27N3S. The molecular weight excluding hydrogens is 350 g/mol. The zero-order valence-electron chi connectivity index (χ0n) is 16.2. The molecule has 0 amide bonds. The first kappa shape index (κ1) is 18.2. The average molecular weight is 378 g/mol. The van der Waals surface area contributed by atoms with Gasteiger partial charge in [-0.25, -0.2) is 9.97 Å². The van der Waals surface area contributed by atoms with E-state index in [9.17, 15) is 0 Å². The number of hydrogen-bond donors (Lipinski definition) is 1. The molecule has 1 aliphatic carbocycles. The molecule has 3 nitrogen and oxygen atoms in total. The van der Waals surface area contributed by atoms with Gasteiger partial charge in [-0.3, -0.25) is 0 Å². The van der Waals surface area contributed by atoms with Gasteiger partial charge in [-0.1, -0.05) is 43.5 Å². The maximum absolute atomic E-state index is 4.93. The van der Waals surface area contributed by atoms with E-state index in [1.165, 1.54) is 52.3 Å². The molecule has 0 spiro atoms. The van der Waals surface area contributed by atoms with Gasteiger partial charge in [0, 0.05) is 18.3 Å². The smallest absolute Gasteiger partial charge is 0.126 e. The summed E-state index contributed by atoms with van der Waals surface area (Å²) in [6, 6.07) is 12.9. The topological polar surface area (TPSA) is 37.8 Å². The van der Waals surface area contributed by atoms with Crippen LogP contribution in [0.1, 0.15) is 43.2 Å². The summed E-state index contributed by atoms with van der Waals surface area (Å²) in [5.74, 6) is 1.77. The second-order valence-corrected chi connectivity index (χ2v) is 8.55. The van der Waals surface area contributed by atoms with Gasteiger partial charge in [0.1, 0.15) is 5.82 Å². The van der Waals surface area contributed by atoms with Gasteiger partial charge in [0.05, 0.1) is 15.6 Å². The summed E-state index contributed by atoms with van der Waals surface area (Å²) >= 11 is 1.80. The van der Waals surface area contributed by atoms with Crippen LogP contribution in [-0.4, -0.2) is 16.5 Å². The molecule has 0 atom stereocenters. The van der Waals surface area contributed by atoms with Gasteiger partial charge in [0.25, 0.3) is 0 Å². The van der Waals surface area contributed by atoms with E-state index in [2.05, 4.69) is 60.5 Å². The highest BCUT2D eigenvalue weighted by atomic mass is 32.1. The fourth-order valence-corrected chi connectivity index (χ4v) is 4.85. The molecule has 4 heteroatoms. The largest absolute Gasteiger partial charge is 0.370 e. The van der Waals surface area contributed by atoms with Crippen molar-refractivity contribution in [3.8, 4) is 21.7 Å². The van der Waals surface area contributed by atoms with Crippen LogP contribution in [0.25, 0.3) is 21.7 Å². The Balaban J connectivity index is 1.64. The summed E-state index contributed by atoms with van der Waals surface area (Å²) in [5.41, 5.74) is 4.75. The maximum Gasteiger partial charge on any atom is 0.126 e. The summed E-state index contributed by atoms with van der Waals surface area (Å²) in [4.78, 5) is 10.7. The fourth-order valence-electron chi connectivity index (χ4n) is 3.83. The van der Waals surface area contributed by atoms with E-state index in [0.29, 0.717) is 0 Å². The first-order valence-corrected chi connectivity index (χ1v) is 10.8. The van der Waals surface area contributed by atoms with Crippen molar-refractivity contribution in [3.63, 3.8) is 0 Å². The van der Waals surface area contributed by atoms with Gasteiger partial charge >= 0.3 is 0 Å². The molecule has 0 aliphatic heterocycles. The van der Waals surface area contributed by atoms with Crippen molar-refractivity contribution in [2.45, 2.75) is 46.0 Å². The molecule has 1 fully saturated rings. The van der Waals surface area contributed by atoms with Gasteiger partial charge in [-0.15, -0.1) is 11.3 Å². The number of pyridine rings is 1. The van der Waals surface area contributed by atoms with Crippen LogP contribution in [-0.2, 0) is 6.42 Å². The van der Waals surface area contributed by atoms with Crippen molar-refractivity contribution in [3.05, 3.63) is 53.2 Å². The number of thiazole rings is 1. The zero-order chi connectivity index (χ0) is 18.6. The van der Waals surface area contributed by atoms with Crippen LogP contribution in [0.15, 0.2) is 42.6 Å². The van der Waals surface area contributed by atoms with Crippen LogP contribution < -0.4 is 5.32 Å². The summed E-state index contributed by atoms with van der Waals surface area (Å²) in [7, 11) is 0. The summed E-state index contributed by atoms with van der Waals surface area (Å²) < 4.78 is 0. The minimum absolute atomic E-state index is 0.799. The normalized spacial score (nSPS) is 14.6. The molecule has 2 aromatic heterocycles. The molecule has 0 radical (unpaired) electrons. The quantitative estimate of drug-likeness (QED) is 0.544. The van der Waals surface area contributed by atoms with Crippen LogP contribution in [0.4, 0.5) is 5.82 Å². The number of nitrogens with zero attached hydrogens (tertiary/aromatic N) is 2. The number of aryl methyl sites for hydroxylation is 2. The number of anilines is 1. The van der Waals surface area contributed by atoms with Crippen LogP contribution in [0.5, 0.6) is 0 Å². The second-order valence-electron chi connectivity index (χ2n) is 7.47. The van der Waals surface area contributed by atoms with Crippen LogP contribution >= 0.6 is 11.3 Å². The third-order valence-corrected chi connectivity index (χ3v) is 6.58. The van der Waals surface area contributed by atoms with Crippen LogP contribution in [0.2, 0.25) is 0 Å². The molecule has 4 rings (SSSR count). The summed E-state index contributed by atoms with van der Waals surface area (Å²) in [6.45, 7) is 5.33. The third-order valence-electron chi connectivity index (χ3n) is 5.33. The Bertz CT molecular complexity index is 909. The summed E-state index contributed by atoms with van der Waals surface area (Å²) in [5, 5.41) is 4.74. The van der Waals surface area contributed by atoms with Gasteiger partial charge in [-0.2, -0.15) is 0 Å². The Kier molecular flexibility index (Phi) is 5.53. The minimum Gasteiger partial charge on any atom is -0.370 e. The molecule has 140 valence electrons. The van der Waals surface area contributed by atoms with Crippen molar-refractivity contribution >= 4 is 17.2 Å². The number of nitrogens with one attached hydrogen (secondary N) is 1. The minimum atomic E-state index is 0.799. The lowest BCUT2D eigenvalue weighted by Gasteiger charge is -2.12. The highest BCUT2D eigenvalue weighted by molar-refractivity contribution is 7.15. The number of hydrogen-bond acceptors (Lipinski definition) is 4. The lowest BCUT2D eigenvalue weighted by atomic mass is 10.1. The van der Waals surface area contributed by atoms with E-state index in [1.54, 1.807) is 11.3 Å². The summed E-state index contributed by atoms with van der Waals surface area (Å²) in [6.07, 6.45) is 8.32. The standard InChI is InChI=1S/C23H27N3S/c1-3-21-26-22(18-10-6-7-16(2)13-18)23(27-21)19-11-12-24-20(14-19)25-15-17-8-4-5-9-17/h6-7,10-14,17H,3-5,8-9,15H2,1-2H3,(H,24,25). The molecule has 1 aliphatic rings. The Morgan fingerprint density at radius 2 is 1.96 bits per heavy atom. The van der Waals surface area contributed by atoms with Crippen molar-refractivity contribution in [1.82, 2.24) is 9.97 Å². The Morgan fingerprint density at radius 3 is 2.74 bits per heavy atom. The molecule has 1 saturated carbocycles. The number of benzene rings is 1. The van der Waals surface area contributed by atoms with E-state index < -0.39 is 0 Å². The van der Waals surface area contributed by atoms with Crippen molar-refractivity contribution in [1.29, 1.82) is 0 Å². The van der Waals surface area contributed by atoms with Gasteiger partial charge in [-0.05, 0) is 55.9 Å². The van der Waals surface area contributed by atoms with Gasteiger partial charge in [0.2, 0.25) is 0 Å². The van der Waals surface area contributed by atoms with Crippen molar-refractivity contribution in [2.24, 2.45) is 5.92 Å². The Labute approximate surface area is 165 Å². The number of rotatable bonds is 6. The molecule has 0 saturated heterocycles. The van der Waals surface area contributed by atoms with E-state index in [0.717, 1.165) is 30.4 Å². The van der Waals surface area contributed by atoms with E-state index >= 15 is 0 Å². The van der Waals surface area contributed by atoms with Crippen molar-refractivity contribution < 1.29 is 0 Å². The van der Waals surface area contributed by atoms with Crippen molar-refractivity contribution in [2.75, 3.05) is 11.9 Å².